The molecule has 0 radical (unpaired) electrons. The van der Waals surface area contributed by atoms with E-state index < -0.39 is 0 Å². The lowest BCUT2D eigenvalue weighted by molar-refractivity contribution is 0.409. The largest absolute Gasteiger partial charge is 0.497 e. The summed E-state index contributed by atoms with van der Waals surface area (Å²) in [6.45, 7) is 1.29. The molecule has 0 saturated heterocycles. The van der Waals surface area contributed by atoms with Gasteiger partial charge in [0.25, 0.3) is 0 Å². The number of nitrogens with one attached hydrogen (secondary N) is 1. The Balaban J connectivity index is 1.54. The molecule has 172 valence electrons. The maximum Gasteiger partial charge on any atom is 0.145 e. The van der Waals surface area contributed by atoms with Crippen LogP contribution >= 0.6 is 11.3 Å². The summed E-state index contributed by atoms with van der Waals surface area (Å²) < 4.78 is 17.9. The van der Waals surface area contributed by atoms with Crippen molar-refractivity contribution < 1.29 is 14.2 Å². The molecule has 6 nitrogen and oxygen atoms in total. The van der Waals surface area contributed by atoms with Crippen molar-refractivity contribution >= 4 is 32.5 Å². The summed E-state index contributed by atoms with van der Waals surface area (Å²) in [6, 6.07) is 22.1. The van der Waals surface area contributed by atoms with Crippen molar-refractivity contribution in [3.8, 4) is 28.5 Å². The zero-order chi connectivity index (χ0) is 23.5. The summed E-state index contributed by atoms with van der Waals surface area (Å²) in [6.07, 6.45) is 0. The van der Waals surface area contributed by atoms with Gasteiger partial charge in [-0.3, -0.25) is 0 Å². The lowest BCUT2D eigenvalue weighted by Crippen LogP contribution is -2.14. The summed E-state index contributed by atoms with van der Waals surface area (Å²) in [5, 5.41) is 5.51. The van der Waals surface area contributed by atoms with Gasteiger partial charge in [0.1, 0.15) is 27.8 Å². The van der Waals surface area contributed by atoms with Gasteiger partial charge in [0.15, 0.2) is 0 Å². The quantitative estimate of drug-likeness (QED) is 0.307. The minimum Gasteiger partial charge on any atom is -0.497 e. The second-order valence-electron chi connectivity index (χ2n) is 7.77. The number of aromatic nitrogens is 2. The molecule has 7 heteroatoms. The predicted octanol–water partition coefficient (Wildman–Crippen LogP) is 5.83. The number of pyridine rings is 1. The Morgan fingerprint density at radius 1 is 0.794 bits per heavy atom. The third kappa shape index (κ3) is 4.27. The van der Waals surface area contributed by atoms with Crippen LogP contribution in [0.4, 0.5) is 0 Å². The van der Waals surface area contributed by atoms with Crippen LogP contribution < -0.4 is 19.5 Å². The second-order valence-corrected chi connectivity index (χ2v) is 8.89. The molecule has 1 N–H and O–H groups in total. The van der Waals surface area contributed by atoms with E-state index in [-0.39, 0.29) is 0 Å². The zero-order valence-corrected chi connectivity index (χ0v) is 20.1. The molecule has 0 amide bonds. The van der Waals surface area contributed by atoms with Crippen LogP contribution in [0.25, 0.3) is 32.4 Å². The summed E-state index contributed by atoms with van der Waals surface area (Å²) in [4.78, 5) is 9.78. The van der Waals surface area contributed by atoms with Gasteiger partial charge in [0.05, 0.1) is 37.2 Å². The van der Waals surface area contributed by atoms with Crippen molar-refractivity contribution in [1.82, 2.24) is 15.3 Å². The van der Waals surface area contributed by atoms with E-state index in [1.807, 2.05) is 54.6 Å². The third-order valence-corrected chi connectivity index (χ3v) is 6.74. The predicted molar refractivity (Wildman–Crippen MR) is 137 cm³/mol. The average molecular weight is 472 g/mol. The van der Waals surface area contributed by atoms with E-state index >= 15 is 0 Å². The highest BCUT2D eigenvalue weighted by atomic mass is 32.1. The van der Waals surface area contributed by atoms with Crippen molar-refractivity contribution in [3.63, 3.8) is 0 Å². The van der Waals surface area contributed by atoms with Gasteiger partial charge in [-0.25, -0.2) is 9.97 Å². The lowest BCUT2D eigenvalue weighted by Gasteiger charge is -2.15. The Hall–Kier alpha value is -3.68. The molecule has 0 unspecified atom stereocenters. The summed E-state index contributed by atoms with van der Waals surface area (Å²) in [7, 11) is 4.99. The van der Waals surface area contributed by atoms with Crippen LogP contribution in [0.2, 0.25) is 0 Å². The van der Waals surface area contributed by atoms with Crippen molar-refractivity contribution in [2.24, 2.45) is 0 Å². The number of thiazole rings is 1. The van der Waals surface area contributed by atoms with E-state index in [0.29, 0.717) is 18.8 Å². The molecule has 3 aromatic carbocycles. The van der Waals surface area contributed by atoms with Crippen LogP contribution in [0.15, 0.2) is 66.7 Å². The number of para-hydroxylation sites is 1. The maximum atomic E-state index is 5.63. The molecule has 5 rings (SSSR count). The molecule has 0 atom stereocenters. The van der Waals surface area contributed by atoms with Crippen molar-refractivity contribution in [3.05, 3.63) is 77.3 Å². The zero-order valence-electron chi connectivity index (χ0n) is 19.3. The molecular formula is C27H25N3O3S. The Morgan fingerprint density at radius 2 is 1.62 bits per heavy atom. The van der Waals surface area contributed by atoms with Gasteiger partial charge >= 0.3 is 0 Å². The Labute approximate surface area is 202 Å². The van der Waals surface area contributed by atoms with Crippen molar-refractivity contribution in [1.29, 1.82) is 0 Å². The number of hydrogen-bond acceptors (Lipinski definition) is 7. The number of ether oxygens (including phenoxy) is 3. The lowest BCUT2D eigenvalue weighted by atomic mass is 10.0. The van der Waals surface area contributed by atoms with Gasteiger partial charge < -0.3 is 19.5 Å². The third-order valence-electron chi connectivity index (χ3n) is 5.70. The van der Waals surface area contributed by atoms with Crippen LogP contribution in [0.1, 0.15) is 10.6 Å². The number of hydrogen-bond donors (Lipinski definition) is 1. The molecule has 0 fully saturated rings. The minimum absolute atomic E-state index is 0.617. The molecule has 0 aliphatic rings. The van der Waals surface area contributed by atoms with E-state index in [0.717, 1.165) is 49.7 Å². The molecular weight excluding hydrogens is 446 g/mol. The van der Waals surface area contributed by atoms with E-state index in [4.69, 9.17) is 24.2 Å². The van der Waals surface area contributed by atoms with Gasteiger partial charge in [-0.2, -0.15) is 0 Å². The molecule has 5 aromatic rings. The van der Waals surface area contributed by atoms with Gasteiger partial charge in [-0.1, -0.05) is 24.3 Å². The highest BCUT2D eigenvalue weighted by Gasteiger charge is 2.16. The summed E-state index contributed by atoms with van der Waals surface area (Å²) >= 11 is 1.71. The summed E-state index contributed by atoms with van der Waals surface area (Å²) in [5.74, 6) is 2.24. The van der Waals surface area contributed by atoms with Gasteiger partial charge in [0, 0.05) is 24.0 Å². The number of fused-ring (bicyclic) bond motifs is 2. The van der Waals surface area contributed by atoms with Crippen LogP contribution in [-0.2, 0) is 13.1 Å². The van der Waals surface area contributed by atoms with Crippen molar-refractivity contribution in [2.45, 2.75) is 13.1 Å². The maximum absolute atomic E-state index is 5.63. The number of benzene rings is 3. The number of rotatable bonds is 8. The van der Waals surface area contributed by atoms with Gasteiger partial charge in [-0.05, 0) is 48.0 Å². The highest BCUT2D eigenvalue weighted by molar-refractivity contribution is 7.18. The standard InChI is InChI=1S/C27H25N3O3S/c1-31-19-8-6-7-17(13-19)26-18(14-20-22(32-2)11-12-23(33-3)27(20)30-26)15-28-16-25-29-21-9-4-5-10-24(21)34-25/h4-14,28H,15-16H2,1-3H3. The first-order valence-electron chi connectivity index (χ1n) is 10.9. The van der Waals surface area contributed by atoms with Crippen LogP contribution in [0.5, 0.6) is 17.2 Å². The first-order valence-corrected chi connectivity index (χ1v) is 11.8. The molecule has 0 spiro atoms. The Kier molecular flexibility index (Phi) is 6.29. The van der Waals surface area contributed by atoms with E-state index in [1.54, 1.807) is 32.7 Å². The van der Waals surface area contributed by atoms with Crippen LogP contribution in [0, 0.1) is 0 Å². The number of methoxy groups -OCH3 is 3. The SMILES string of the molecule is COc1cccc(-c2nc3c(OC)ccc(OC)c3cc2CNCc2nc3ccccc3s2)c1. The molecule has 0 bridgehead atoms. The molecule has 2 aromatic heterocycles. The fourth-order valence-electron chi connectivity index (χ4n) is 4.05. The van der Waals surface area contributed by atoms with Gasteiger partial charge in [0.2, 0.25) is 0 Å². The monoisotopic (exact) mass is 471 g/mol. The molecule has 34 heavy (non-hydrogen) atoms. The smallest absolute Gasteiger partial charge is 0.145 e. The minimum atomic E-state index is 0.617. The first-order chi connectivity index (χ1) is 16.7. The van der Waals surface area contributed by atoms with Gasteiger partial charge in [-0.15, -0.1) is 11.3 Å². The van der Waals surface area contributed by atoms with Crippen molar-refractivity contribution in [2.75, 3.05) is 21.3 Å². The van der Waals surface area contributed by atoms with E-state index in [1.165, 1.54) is 4.70 Å². The first kappa shape index (κ1) is 22.1. The fraction of sp³-hybridized carbons (Fsp3) is 0.185. The Bertz CT molecular complexity index is 1430. The summed E-state index contributed by atoms with van der Waals surface area (Å²) in [5.41, 5.74) is 4.69. The molecule has 0 aliphatic heterocycles. The highest BCUT2D eigenvalue weighted by Crippen LogP contribution is 2.36. The van der Waals surface area contributed by atoms with E-state index in [2.05, 4.69) is 17.4 Å². The van der Waals surface area contributed by atoms with E-state index in [9.17, 15) is 0 Å². The second kappa shape index (κ2) is 9.67. The number of nitrogens with zero attached hydrogens (tertiary/aromatic N) is 2. The van der Waals surface area contributed by atoms with Crippen LogP contribution in [-0.4, -0.2) is 31.3 Å². The normalized spacial score (nSPS) is 11.1. The average Bonchev–Trinajstić information content (AvgIpc) is 3.30. The van der Waals surface area contributed by atoms with Crippen LogP contribution in [0.3, 0.4) is 0 Å². The molecule has 0 saturated carbocycles. The molecule has 2 heterocycles. The fourth-order valence-corrected chi connectivity index (χ4v) is 4.98. The molecule has 0 aliphatic carbocycles. The Morgan fingerprint density at radius 3 is 2.41 bits per heavy atom. The topological polar surface area (TPSA) is 65.5 Å².